The van der Waals surface area contributed by atoms with E-state index in [1.54, 1.807) is 6.07 Å². The van der Waals surface area contributed by atoms with Gasteiger partial charge in [-0.1, -0.05) is 6.42 Å². The van der Waals surface area contributed by atoms with Gasteiger partial charge in [-0.25, -0.2) is 26.6 Å². The van der Waals surface area contributed by atoms with Gasteiger partial charge in [0.05, 0.1) is 17.4 Å². The van der Waals surface area contributed by atoms with Crippen LogP contribution in [0.1, 0.15) is 37.7 Å². The van der Waals surface area contributed by atoms with E-state index < -0.39 is 61.8 Å². The van der Waals surface area contributed by atoms with Crippen LogP contribution in [-0.2, 0) is 40.7 Å². The first-order chi connectivity index (χ1) is 18.7. The average molecular weight is 611 g/mol. The number of pyridine rings is 1. The number of aromatic nitrogens is 1. The maximum Gasteiger partial charge on any atom is 0.490 e. The minimum Gasteiger partial charge on any atom is -0.455 e. The third kappa shape index (κ3) is 6.94. The SMILES string of the molecule is NCc1ccnc(S(=O)(=O)N2C[C@@H](C(=O)N3CCS(=O)(=O)CC3)C[C@@H](C3CCCCC3OC(=O)C(F)(F)F)C2)c1. The molecule has 2 unspecified atom stereocenters. The number of piperidine rings is 1. The van der Waals surface area contributed by atoms with Crippen LogP contribution in [0, 0.1) is 17.8 Å². The van der Waals surface area contributed by atoms with E-state index in [1.807, 2.05) is 0 Å². The number of carbonyl (C=O) groups is 2. The molecule has 1 saturated carbocycles. The molecule has 1 aromatic heterocycles. The summed E-state index contributed by atoms with van der Waals surface area (Å²) in [6, 6.07) is 2.90. The molecule has 0 aromatic carbocycles. The lowest BCUT2D eigenvalue weighted by molar-refractivity contribution is -0.210. The number of sulfonamides is 1. The molecule has 3 aliphatic rings. The molecule has 2 saturated heterocycles. The molecule has 3 heterocycles. The highest BCUT2D eigenvalue weighted by Crippen LogP contribution is 2.40. The molecule has 40 heavy (non-hydrogen) atoms. The lowest BCUT2D eigenvalue weighted by atomic mass is 9.73. The van der Waals surface area contributed by atoms with Gasteiger partial charge < -0.3 is 15.4 Å². The number of amides is 1. The van der Waals surface area contributed by atoms with Gasteiger partial charge in [0.1, 0.15) is 6.10 Å². The van der Waals surface area contributed by atoms with Crippen LogP contribution < -0.4 is 5.73 Å². The number of halogens is 3. The topological polar surface area (TPSA) is 157 Å². The van der Waals surface area contributed by atoms with Gasteiger partial charge >= 0.3 is 12.1 Å². The molecule has 1 aliphatic carbocycles. The summed E-state index contributed by atoms with van der Waals surface area (Å²) in [7, 11) is -7.51. The van der Waals surface area contributed by atoms with Crippen LogP contribution in [0.5, 0.6) is 0 Å². The largest absolute Gasteiger partial charge is 0.490 e. The smallest absolute Gasteiger partial charge is 0.455 e. The Morgan fingerprint density at radius 3 is 2.45 bits per heavy atom. The minimum atomic E-state index is -5.17. The summed E-state index contributed by atoms with van der Waals surface area (Å²) in [5.74, 6) is -5.17. The van der Waals surface area contributed by atoms with E-state index in [1.165, 1.54) is 17.2 Å². The summed E-state index contributed by atoms with van der Waals surface area (Å²) < 4.78 is 96.1. The lowest BCUT2D eigenvalue weighted by Crippen LogP contribution is -2.54. The zero-order chi connectivity index (χ0) is 29.3. The molecule has 2 aliphatic heterocycles. The van der Waals surface area contributed by atoms with E-state index >= 15 is 0 Å². The second kappa shape index (κ2) is 11.9. The number of alkyl halides is 3. The summed E-state index contributed by atoms with van der Waals surface area (Å²) >= 11 is 0. The monoisotopic (exact) mass is 610 g/mol. The molecule has 4 rings (SSSR count). The molecule has 0 radical (unpaired) electrons. The Morgan fingerprint density at radius 1 is 1.12 bits per heavy atom. The Balaban J connectivity index is 1.64. The molecule has 16 heteroatoms. The highest BCUT2D eigenvalue weighted by atomic mass is 32.2. The highest BCUT2D eigenvalue weighted by Gasteiger charge is 2.48. The number of hydrogen-bond acceptors (Lipinski definition) is 9. The Morgan fingerprint density at radius 2 is 1.80 bits per heavy atom. The third-order valence-corrected chi connectivity index (χ3v) is 11.3. The second-order valence-electron chi connectivity index (χ2n) is 10.6. The van der Waals surface area contributed by atoms with Crippen molar-refractivity contribution in [3.05, 3.63) is 23.9 Å². The van der Waals surface area contributed by atoms with Crippen molar-refractivity contribution >= 4 is 31.7 Å². The fourth-order valence-electron chi connectivity index (χ4n) is 5.84. The summed E-state index contributed by atoms with van der Waals surface area (Å²) in [6.45, 7) is -0.273. The van der Waals surface area contributed by atoms with Crippen LogP contribution in [0.2, 0.25) is 0 Å². The minimum absolute atomic E-state index is 0.0234. The van der Waals surface area contributed by atoms with Crippen LogP contribution in [-0.4, -0.2) is 92.9 Å². The van der Waals surface area contributed by atoms with Crippen molar-refractivity contribution in [1.82, 2.24) is 14.2 Å². The fraction of sp³-hybridized carbons (Fsp3) is 0.708. The first-order valence-electron chi connectivity index (χ1n) is 13.1. The van der Waals surface area contributed by atoms with Gasteiger partial charge in [-0.15, -0.1) is 0 Å². The summed E-state index contributed by atoms with van der Waals surface area (Å²) in [4.78, 5) is 30.6. The summed E-state index contributed by atoms with van der Waals surface area (Å²) in [5, 5.41) is -0.268. The second-order valence-corrected chi connectivity index (χ2v) is 14.8. The van der Waals surface area contributed by atoms with E-state index in [9.17, 15) is 39.6 Å². The zero-order valence-electron chi connectivity index (χ0n) is 21.8. The number of carbonyl (C=O) groups excluding carboxylic acids is 2. The van der Waals surface area contributed by atoms with E-state index in [0.29, 0.717) is 24.8 Å². The van der Waals surface area contributed by atoms with Gasteiger partial charge in [0.2, 0.25) is 5.91 Å². The van der Waals surface area contributed by atoms with Gasteiger partial charge in [-0.3, -0.25) is 4.79 Å². The average Bonchev–Trinajstić information content (AvgIpc) is 2.92. The molecule has 11 nitrogen and oxygen atoms in total. The van der Waals surface area contributed by atoms with E-state index in [2.05, 4.69) is 4.98 Å². The predicted octanol–water partition coefficient (Wildman–Crippen LogP) is 1.09. The van der Waals surface area contributed by atoms with Crippen LogP contribution in [0.3, 0.4) is 0 Å². The molecule has 1 aromatic rings. The first kappa shape index (κ1) is 30.7. The van der Waals surface area contributed by atoms with Crippen LogP contribution in [0.15, 0.2) is 23.4 Å². The maximum absolute atomic E-state index is 13.7. The normalized spacial score (nSPS) is 28.1. The lowest BCUT2D eigenvalue weighted by Gasteiger charge is -2.44. The van der Waals surface area contributed by atoms with Crippen LogP contribution in [0.4, 0.5) is 13.2 Å². The number of esters is 1. The molecular weight excluding hydrogens is 577 g/mol. The molecule has 224 valence electrons. The number of sulfone groups is 1. The Kier molecular flexibility index (Phi) is 9.12. The first-order valence-corrected chi connectivity index (χ1v) is 16.4. The third-order valence-electron chi connectivity index (χ3n) is 7.94. The molecule has 0 spiro atoms. The molecule has 2 N–H and O–H groups in total. The maximum atomic E-state index is 13.7. The van der Waals surface area contributed by atoms with Gasteiger partial charge in [0.25, 0.3) is 10.0 Å². The number of ether oxygens (including phenoxy) is 1. The van der Waals surface area contributed by atoms with Gasteiger partial charge in [-0.05, 0) is 49.3 Å². The fourth-order valence-corrected chi connectivity index (χ4v) is 8.56. The molecule has 4 atom stereocenters. The van der Waals surface area contributed by atoms with Crippen molar-refractivity contribution in [3.8, 4) is 0 Å². The number of nitrogens with zero attached hydrogens (tertiary/aromatic N) is 3. The van der Waals surface area contributed by atoms with Crippen molar-refractivity contribution in [2.24, 2.45) is 23.5 Å². The van der Waals surface area contributed by atoms with Crippen molar-refractivity contribution < 1.29 is 44.3 Å². The van der Waals surface area contributed by atoms with Crippen molar-refractivity contribution in [2.75, 3.05) is 37.7 Å². The Hall–Kier alpha value is -2.30. The van der Waals surface area contributed by atoms with Crippen LogP contribution in [0.25, 0.3) is 0 Å². The Labute approximate surface area is 231 Å². The van der Waals surface area contributed by atoms with E-state index in [0.717, 1.165) is 4.31 Å². The summed E-state index contributed by atoms with van der Waals surface area (Å²) in [6.07, 6.45) is -2.99. The van der Waals surface area contributed by atoms with Crippen molar-refractivity contribution in [3.63, 3.8) is 0 Å². The molecule has 3 fully saturated rings. The number of nitrogens with two attached hydrogens (primary N) is 1. The quantitative estimate of drug-likeness (QED) is 0.466. The summed E-state index contributed by atoms with van der Waals surface area (Å²) in [5.41, 5.74) is 6.18. The van der Waals surface area contributed by atoms with E-state index in [4.69, 9.17) is 10.5 Å². The number of hydrogen-bond donors (Lipinski definition) is 1. The molecule has 0 bridgehead atoms. The predicted molar refractivity (Wildman–Crippen MR) is 136 cm³/mol. The van der Waals surface area contributed by atoms with Crippen molar-refractivity contribution in [1.29, 1.82) is 0 Å². The van der Waals surface area contributed by atoms with Crippen LogP contribution >= 0.6 is 0 Å². The van der Waals surface area contributed by atoms with Gasteiger partial charge in [0, 0.05) is 44.8 Å². The standard InChI is InChI=1S/C24H33F3N4O7S2/c25-24(26,27)23(33)38-20-4-2-1-3-19(20)17-12-18(22(32)30-7-9-39(34,35)10-8-30)15-31(14-17)40(36,37)21-11-16(13-28)5-6-29-21/h5-6,11,17-20H,1-4,7-10,12-15,28H2/t17-,18+,19?,20?/m1/s1. The Bertz CT molecular complexity index is 1310. The van der Waals surface area contributed by atoms with Gasteiger partial charge in [-0.2, -0.15) is 17.5 Å². The number of rotatable bonds is 6. The van der Waals surface area contributed by atoms with E-state index in [-0.39, 0.29) is 62.1 Å². The zero-order valence-corrected chi connectivity index (χ0v) is 23.4. The van der Waals surface area contributed by atoms with Gasteiger partial charge in [0.15, 0.2) is 14.9 Å². The van der Waals surface area contributed by atoms with Crippen molar-refractivity contribution in [2.45, 2.75) is 56.0 Å². The molecule has 1 amide bonds. The highest BCUT2D eigenvalue weighted by molar-refractivity contribution is 7.91. The molecular formula is C24H33F3N4O7S2.